The Morgan fingerprint density at radius 1 is 0.684 bits per heavy atom. The van der Waals surface area contributed by atoms with Crippen molar-refractivity contribution in [3.05, 3.63) is 0 Å². The van der Waals surface area contributed by atoms with Crippen molar-refractivity contribution in [1.29, 1.82) is 0 Å². The van der Waals surface area contributed by atoms with Gasteiger partial charge in [-0.05, 0) is 35.0 Å². The van der Waals surface area contributed by atoms with Gasteiger partial charge in [-0.15, -0.1) is 0 Å². The summed E-state index contributed by atoms with van der Waals surface area (Å²) in [5.41, 5.74) is 1.00. The van der Waals surface area contributed by atoms with Gasteiger partial charge in [0.15, 0.2) is 0 Å². The lowest BCUT2D eigenvalue weighted by molar-refractivity contribution is 0.271. The third-order valence-electron chi connectivity index (χ3n) is 3.21. The second-order valence-electron chi connectivity index (χ2n) is 9.67. The molecule has 0 aliphatic rings. The largest absolute Gasteiger partial charge is 0.0625 e. The quantitative estimate of drug-likeness (QED) is 0.496. The summed E-state index contributed by atoms with van der Waals surface area (Å²) in [7, 11) is 0. The summed E-state index contributed by atoms with van der Waals surface area (Å²) in [5.74, 6) is 2.62. The normalized spacial score (nSPS) is 15.8. The van der Waals surface area contributed by atoms with Crippen molar-refractivity contribution in [1.82, 2.24) is 0 Å². The summed E-state index contributed by atoms with van der Waals surface area (Å²) in [6, 6.07) is 0. The standard InChI is InChI=1S/C14H30.C5H12/c1-11(2)13(4)9-8-12(3)10-14(5,6)7;1-5(2,3)4/h11-13H,8-10H2,1-7H3;1-4H3. The monoisotopic (exact) mass is 270 g/mol. The molecule has 0 saturated carbocycles. The van der Waals surface area contributed by atoms with Crippen LogP contribution < -0.4 is 0 Å². The van der Waals surface area contributed by atoms with Crippen LogP contribution >= 0.6 is 0 Å². The fourth-order valence-electron chi connectivity index (χ4n) is 2.03. The van der Waals surface area contributed by atoms with Gasteiger partial charge in [-0.3, -0.25) is 0 Å². The van der Waals surface area contributed by atoms with E-state index in [0.717, 1.165) is 17.8 Å². The molecule has 0 aromatic carbocycles. The third-order valence-corrected chi connectivity index (χ3v) is 3.21. The lowest BCUT2D eigenvalue weighted by Crippen LogP contribution is -2.13. The van der Waals surface area contributed by atoms with Gasteiger partial charge < -0.3 is 0 Å². The van der Waals surface area contributed by atoms with E-state index in [1.807, 2.05) is 0 Å². The first-order valence-corrected chi connectivity index (χ1v) is 8.22. The molecule has 0 spiro atoms. The van der Waals surface area contributed by atoms with Crippen molar-refractivity contribution in [3.63, 3.8) is 0 Å². The number of hydrogen-bond donors (Lipinski definition) is 0. The molecule has 0 aliphatic heterocycles. The molecule has 0 N–H and O–H groups in total. The van der Waals surface area contributed by atoms with E-state index in [2.05, 4.69) is 76.2 Å². The van der Waals surface area contributed by atoms with Crippen molar-refractivity contribution in [2.75, 3.05) is 0 Å². The number of rotatable bonds is 5. The molecular weight excluding hydrogens is 228 g/mol. The van der Waals surface area contributed by atoms with Gasteiger partial charge >= 0.3 is 0 Å². The molecule has 0 aromatic rings. The Kier molecular flexibility index (Phi) is 10.1. The predicted octanol–water partition coefficient (Wildman–Crippen LogP) is 7.18. The Labute approximate surface area is 124 Å². The van der Waals surface area contributed by atoms with Gasteiger partial charge in [-0.25, -0.2) is 0 Å². The van der Waals surface area contributed by atoms with Crippen molar-refractivity contribution >= 4 is 0 Å². The highest BCUT2D eigenvalue weighted by atomic mass is 14.2. The predicted molar refractivity (Wildman–Crippen MR) is 91.6 cm³/mol. The average molecular weight is 271 g/mol. The van der Waals surface area contributed by atoms with Crippen LogP contribution in [0.4, 0.5) is 0 Å². The first-order valence-electron chi connectivity index (χ1n) is 8.22. The summed E-state index contributed by atoms with van der Waals surface area (Å²) < 4.78 is 0. The maximum atomic E-state index is 2.40. The highest BCUT2D eigenvalue weighted by molar-refractivity contribution is 4.68. The van der Waals surface area contributed by atoms with Crippen LogP contribution in [0.15, 0.2) is 0 Å². The molecule has 0 aliphatic carbocycles. The maximum absolute atomic E-state index is 2.40. The van der Waals surface area contributed by atoms with Crippen LogP contribution in [0, 0.1) is 28.6 Å². The van der Waals surface area contributed by atoms with Crippen molar-refractivity contribution in [2.45, 2.75) is 95.4 Å². The minimum absolute atomic E-state index is 0.500. The molecule has 118 valence electrons. The molecule has 0 bridgehead atoms. The fourth-order valence-corrected chi connectivity index (χ4v) is 2.03. The minimum Gasteiger partial charge on any atom is -0.0625 e. The second-order valence-corrected chi connectivity index (χ2v) is 9.67. The SMILES string of the molecule is CC(C)(C)C.CC(CCC(C)C(C)C)CC(C)(C)C. The van der Waals surface area contributed by atoms with E-state index >= 15 is 0 Å². The van der Waals surface area contributed by atoms with E-state index in [0.29, 0.717) is 10.8 Å². The van der Waals surface area contributed by atoms with Gasteiger partial charge in [-0.2, -0.15) is 0 Å². The highest BCUT2D eigenvalue weighted by Crippen LogP contribution is 2.28. The minimum atomic E-state index is 0.500. The van der Waals surface area contributed by atoms with Crippen LogP contribution in [-0.2, 0) is 0 Å². The molecule has 0 saturated heterocycles. The van der Waals surface area contributed by atoms with Crippen molar-refractivity contribution in [2.24, 2.45) is 28.6 Å². The van der Waals surface area contributed by atoms with Gasteiger partial charge in [0, 0.05) is 0 Å². The first kappa shape index (κ1) is 21.3. The Hall–Kier alpha value is 0. The molecule has 19 heavy (non-hydrogen) atoms. The Bertz CT molecular complexity index is 193. The van der Waals surface area contributed by atoms with E-state index in [1.54, 1.807) is 0 Å². The lowest BCUT2D eigenvalue weighted by atomic mass is 9.81. The molecule has 0 heterocycles. The molecule has 0 rings (SSSR count). The van der Waals surface area contributed by atoms with E-state index < -0.39 is 0 Å². The molecule has 0 fully saturated rings. The van der Waals surface area contributed by atoms with Crippen LogP contribution in [0.5, 0.6) is 0 Å². The van der Waals surface area contributed by atoms with E-state index in [1.165, 1.54) is 19.3 Å². The Balaban J connectivity index is 0. The van der Waals surface area contributed by atoms with E-state index in [9.17, 15) is 0 Å². The van der Waals surface area contributed by atoms with Crippen molar-refractivity contribution in [3.8, 4) is 0 Å². The van der Waals surface area contributed by atoms with Crippen LogP contribution in [0.2, 0.25) is 0 Å². The average Bonchev–Trinajstić information content (AvgIpc) is 2.08. The smallest absolute Gasteiger partial charge is 0.0380 e. The van der Waals surface area contributed by atoms with E-state index in [4.69, 9.17) is 0 Å². The van der Waals surface area contributed by atoms with Crippen LogP contribution in [0.1, 0.15) is 95.4 Å². The lowest BCUT2D eigenvalue weighted by Gasteiger charge is -2.24. The van der Waals surface area contributed by atoms with Crippen LogP contribution in [0.25, 0.3) is 0 Å². The molecular formula is C19H42. The summed E-state index contributed by atoms with van der Waals surface area (Å²) in [4.78, 5) is 0. The summed E-state index contributed by atoms with van der Waals surface area (Å²) in [5, 5.41) is 0. The third kappa shape index (κ3) is 23.5. The van der Waals surface area contributed by atoms with Crippen molar-refractivity contribution < 1.29 is 0 Å². The zero-order valence-corrected chi connectivity index (χ0v) is 15.9. The van der Waals surface area contributed by atoms with Gasteiger partial charge in [-0.1, -0.05) is 89.0 Å². The molecule has 2 atom stereocenters. The zero-order chi connectivity index (χ0) is 15.9. The molecule has 0 radical (unpaired) electrons. The summed E-state index contributed by atoms with van der Waals surface area (Å²) in [6.07, 6.45) is 4.16. The second kappa shape index (κ2) is 9.03. The topological polar surface area (TPSA) is 0 Å². The molecule has 0 aromatic heterocycles. The fraction of sp³-hybridized carbons (Fsp3) is 1.00. The first-order chi connectivity index (χ1) is 8.22. The van der Waals surface area contributed by atoms with Gasteiger partial charge in [0.05, 0.1) is 0 Å². The molecule has 0 heteroatoms. The molecule has 0 nitrogen and oxygen atoms in total. The summed E-state index contributed by atoms with van der Waals surface area (Å²) in [6.45, 7) is 25.2. The highest BCUT2D eigenvalue weighted by Gasteiger charge is 2.16. The molecule has 0 amide bonds. The van der Waals surface area contributed by atoms with Crippen LogP contribution in [-0.4, -0.2) is 0 Å². The molecule has 2 unspecified atom stereocenters. The van der Waals surface area contributed by atoms with E-state index in [-0.39, 0.29) is 0 Å². The number of hydrogen-bond acceptors (Lipinski definition) is 0. The summed E-state index contributed by atoms with van der Waals surface area (Å²) >= 11 is 0. The van der Waals surface area contributed by atoms with Gasteiger partial charge in [0.25, 0.3) is 0 Å². The Morgan fingerprint density at radius 3 is 1.32 bits per heavy atom. The van der Waals surface area contributed by atoms with Gasteiger partial charge in [0.1, 0.15) is 0 Å². The van der Waals surface area contributed by atoms with Gasteiger partial charge in [0.2, 0.25) is 0 Å². The van der Waals surface area contributed by atoms with Crippen LogP contribution in [0.3, 0.4) is 0 Å². The Morgan fingerprint density at radius 2 is 1.05 bits per heavy atom. The zero-order valence-electron chi connectivity index (χ0n) is 15.9. The maximum Gasteiger partial charge on any atom is -0.0380 e.